The maximum Gasteiger partial charge on any atom is 0.170 e. The fourth-order valence-corrected chi connectivity index (χ4v) is 2.63. The zero-order valence-electron chi connectivity index (χ0n) is 12.5. The van der Waals surface area contributed by atoms with Crippen molar-refractivity contribution >= 4 is 5.78 Å². The Morgan fingerprint density at radius 3 is 2.83 bits per heavy atom. The summed E-state index contributed by atoms with van der Waals surface area (Å²) >= 11 is 0. The van der Waals surface area contributed by atoms with E-state index in [0.717, 1.165) is 5.56 Å². The molecule has 1 unspecified atom stereocenters. The first kappa shape index (κ1) is 15.6. The molecule has 4 nitrogen and oxygen atoms in total. The Balaban J connectivity index is 1.57. The number of ether oxygens (including phenoxy) is 1. The molecule has 3 rings (SSSR count). The van der Waals surface area contributed by atoms with Crippen LogP contribution < -0.4 is 10.1 Å². The Hall–Kier alpha value is -2.24. The van der Waals surface area contributed by atoms with Crippen LogP contribution in [0.15, 0.2) is 48.5 Å². The second-order valence-corrected chi connectivity index (χ2v) is 5.61. The number of halogens is 1. The molecule has 0 saturated heterocycles. The van der Waals surface area contributed by atoms with Crippen molar-refractivity contribution < 1.29 is 19.0 Å². The van der Waals surface area contributed by atoms with Gasteiger partial charge in [-0.1, -0.05) is 30.3 Å². The van der Waals surface area contributed by atoms with Crippen LogP contribution in [-0.4, -0.2) is 29.6 Å². The van der Waals surface area contributed by atoms with Crippen LogP contribution in [0, 0.1) is 5.82 Å². The molecule has 0 spiro atoms. The highest BCUT2D eigenvalue weighted by molar-refractivity contribution is 5.99. The molecule has 1 aliphatic rings. The molecule has 0 saturated carbocycles. The minimum absolute atomic E-state index is 0.0463. The van der Waals surface area contributed by atoms with Gasteiger partial charge in [0, 0.05) is 13.1 Å². The average molecular weight is 315 g/mol. The van der Waals surface area contributed by atoms with Gasteiger partial charge in [0.1, 0.15) is 23.8 Å². The van der Waals surface area contributed by atoms with Crippen LogP contribution >= 0.6 is 0 Å². The first-order valence-corrected chi connectivity index (χ1v) is 7.55. The van der Waals surface area contributed by atoms with Crippen LogP contribution in [0.2, 0.25) is 0 Å². The highest BCUT2D eigenvalue weighted by Crippen LogP contribution is 2.29. The van der Waals surface area contributed by atoms with Gasteiger partial charge in [0.05, 0.1) is 12.0 Å². The molecule has 120 valence electrons. The summed E-state index contributed by atoms with van der Waals surface area (Å²) in [5, 5.41) is 13.4. The second kappa shape index (κ2) is 6.89. The van der Waals surface area contributed by atoms with Crippen molar-refractivity contribution in [3.05, 3.63) is 65.5 Å². The Kier molecular flexibility index (Phi) is 4.69. The third-order valence-electron chi connectivity index (χ3n) is 3.86. The summed E-state index contributed by atoms with van der Waals surface area (Å²) in [5.41, 5.74) is 1.35. The highest BCUT2D eigenvalue weighted by Gasteiger charge is 2.31. The summed E-state index contributed by atoms with van der Waals surface area (Å²) in [7, 11) is 0. The van der Waals surface area contributed by atoms with Crippen molar-refractivity contribution in [3.63, 3.8) is 0 Å². The first-order chi connectivity index (χ1) is 11.1. The summed E-state index contributed by atoms with van der Waals surface area (Å²) in [6.45, 7) is 0.934. The predicted molar refractivity (Wildman–Crippen MR) is 83.9 cm³/mol. The van der Waals surface area contributed by atoms with Gasteiger partial charge in [0.2, 0.25) is 0 Å². The normalized spacial score (nSPS) is 18.2. The van der Waals surface area contributed by atoms with Gasteiger partial charge < -0.3 is 15.2 Å². The number of rotatable bonds is 5. The molecule has 0 fully saturated rings. The van der Waals surface area contributed by atoms with Gasteiger partial charge in [-0.25, -0.2) is 4.39 Å². The van der Waals surface area contributed by atoms with Gasteiger partial charge in [-0.3, -0.25) is 4.79 Å². The molecule has 5 heteroatoms. The Bertz CT molecular complexity index is 690. The highest BCUT2D eigenvalue weighted by atomic mass is 19.1. The van der Waals surface area contributed by atoms with Crippen LogP contribution in [0.4, 0.5) is 4.39 Å². The smallest absolute Gasteiger partial charge is 0.170 e. The minimum atomic E-state index is -0.819. The number of hydrogen-bond acceptors (Lipinski definition) is 4. The van der Waals surface area contributed by atoms with Crippen LogP contribution in [0.3, 0.4) is 0 Å². The van der Waals surface area contributed by atoms with Crippen molar-refractivity contribution in [1.29, 1.82) is 0 Å². The molecule has 0 aromatic heterocycles. The summed E-state index contributed by atoms with van der Waals surface area (Å²) in [6, 6.07) is 13.7. The molecule has 0 bridgehead atoms. The van der Waals surface area contributed by atoms with E-state index in [1.165, 1.54) is 18.2 Å². The molecule has 2 aromatic carbocycles. The zero-order chi connectivity index (χ0) is 16.2. The zero-order valence-corrected chi connectivity index (χ0v) is 12.5. The van der Waals surface area contributed by atoms with Crippen molar-refractivity contribution in [2.24, 2.45) is 0 Å². The van der Waals surface area contributed by atoms with Gasteiger partial charge in [0.15, 0.2) is 5.78 Å². The van der Waals surface area contributed by atoms with Gasteiger partial charge in [-0.2, -0.15) is 0 Å². The third kappa shape index (κ3) is 3.75. The van der Waals surface area contributed by atoms with E-state index in [1.54, 1.807) is 0 Å². The molecular weight excluding hydrogens is 297 g/mol. The van der Waals surface area contributed by atoms with Crippen molar-refractivity contribution in [2.45, 2.75) is 25.2 Å². The summed E-state index contributed by atoms with van der Waals surface area (Å²) in [5.74, 6) is -0.350. The largest absolute Gasteiger partial charge is 0.486 e. The molecule has 0 amide bonds. The monoisotopic (exact) mass is 315 g/mol. The van der Waals surface area contributed by atoms with E-state index >= 15 is 0 Å². The Labute approximate surface area is 133 Å². The van der Waals surface area contributed by atoms with E-state index in [9.17, 15) is 14.3 Å². The second-order valence-electron chi connectivity index (χ2n) is 5.61. The fourth-order valence-electron chi connectivity index (χ4n) is 2.63. The lowest BCUT2D eigenvalue weighted by Crippen LogP contribution is -2.42. The van der Waals surface area contributed by atoms with E-state index in [0.29, 0.717) is 18.8 Å². The third-order valence-corrected chi connectivity index (χ3v) is 3.86. The molecule has 0 aliphatic carbocycles. The lowest BCUT2D eigenvalue weighted by Gasteiger charge is -2.29. The van der Waals surface area contributed by atoms with Gasteiger partial charge in [0.25, 0.3) is 0 Å². The van der Waals surface area contributed by atoms with Crippen LogP contribution in [-0.2, 0) is 6.54 Å². The molecule has 2 aromatic rings. The first-order valence-electron chi connectivity index (χ1n) is 7.55. The van der Waals surface area contributed by atoms with Gasteiger partial charge >= 0.3 is 0 Å². The van der Waals surface area contributed by atoms with Crippen LogP contribution in [0.25, 0.3) is 0 Å². The van der Waals surface area contributed by atoms with E-state index < -0.39 is 18.0 Å². The topological polar surface area (TPSA) is 58.6 Å². The molecule has 1 heterocycles. The van der Waals surface area contributed by atoms with Crippen LogP contribution in [0.5, 0.6) is 5.75 Å². The molecule has 0 radical (unpaired) electrons. The SMILES string of the molecule is O=C1C[C@H](C(O)CNCc2ccccc2)Oc2ccc(F)cc21. The maximum atomic E-state index is 13.2. The number of benzene rings is 2. The number of aliphatic hydroxyl groups is 1. The van der Waals surface area contributed by atoms with E-state index in [2.05, 4.69) is 5.32 Å². The number of carbonyl (C=O) groups excluding carboxylic acids is 1. The average Bonchev–Trinajstić information content (AvgIpc) is 2.56. The number of hydrogen-bond donors (Lipinski definition) is 2. The number of Topliss-reactive ketones (excluding diaryl/α,β-unsaturated/α-hetero) is 1. The molecule has 2 N–H and O–H groups in total. The summed E-state index contributed by atoms with van der Waals surface area (Å²) < 4.78 is 18.8. The number of aliphatic hydroxyl groups excluding tert-OH is 1. The van der Waals surface area contributed by atoms with E-state index in [4.69, 9.17) is 4.74 Å². The van der Waals surface area contributed by atoms with E-state index in [1.807, 2.05) is 30.3 Å². The predicted octanol–water partition coefficient (Wildman–Crippen LogP) is 2.31. The quantitative estimate of drug-likeness (QED) is 0.889. The molecule has 23 heavy (non-hydrogen) atoms. The standard InChI is InChI=1S/C18H18FNO3/c19-13-6-7-17-14(8-13)15(21)9-18(23-17)16(22)11-20-10-12-4-2-1-3-5-12/h1-8,16,18,20,22H,9-11H2/t16?,18-/m1/s1. The Morgan fingerprint density at radius 1 is 1.26 bits per heavy atom. The van der Waals surface area contributed by atoms with Crippen molar-refractivity contribution in [2.75, 3.05) is 6.54 Å². The van der Waals surface area contributed by atoms with E-state index in [-0.39, 0.29) is 17.8 Å². The molecule has 2 atom stereocenters. The maximum absolute atomic E-state index is 13.2. The van der Waals surface area contributed by atoms with Crippen LogP contribution in [0.1, 0.15) is 22.3 Å². The number of carbonyl (C=O) groups is 1. The van der Waals surface area contributed by atoms with Gasteiger partial charge in [-0.05, 0) is 23.8 Å². The summed E-state index contributed by atoms with van der Waals surface area (Å²) in [4.78, 5) is 12.1. The number of ketones is 1. The molecule has 1 aliphatic heterocycles. The number of nitrogens with one attached hydrogen (secondary N) is 1. The fraction of sp³-hybridized carbons (Fsp3) is 0.278. The minimum Gasteiger partial charge on any atom is -0.486 e. The lowest BCUT2D eigenvalue weighted by atomic mass is 9.97. The van der Waals surface area contributed by atoms with Gasteiger partial charge in [-0.15, -0.1) is 0 Å². The summed E-state index contributed by atoms with van der Waals surface area (Å²) in [6.07, 6.45) is -1.39. The van der Waals surface area contributed by atoms with Crippen molar-refractivity contribution in [1.82, 2.24) is 5.32 Å². The van der Waals surface area contributed by atoms with Crippen molar-refractivity contribution in [3.8, 4) is 5.75 Å². The Morgan fingerprint density at radius 2 is 2.04 bits per heavy atom. The lowest BCUT2D eigenvalue weighted by molar-refractivity contribution is 0.0241. The number of fused-ring (bicyclic) bond motifs is 1. The molecular formula is C18H18FNO3.